The zero-order valence-corrected chi connectivity index (χ0v) is 8.84. The number of halogens is 1. The number of para-hydroxylation sites is 1. The van der Waals surface area contributed by atoms with Crippen molar-refractivity contribution in [3.63, 3.8) is 0 Å². The van der Waals surface area contributed by atoms with Crippen LogP contribution in [0.5, 0.6) is 5.75 Å². The zero-order valence-electron chi connectivity index (χ0n) is 8.09. The van der Waals surface area contributed by atoms with Crippen LogP contribution in [-0.4, -0.2) is 6.10 Å². The molecule has 2 heteroatoms. The maximum atomic E-state index is 5.96. The fourth-order valence-corrected chi connectivity index (χ4v) is 1.36. The number of hydrogen-bond donors (Lipinski definition) is 0. The van der Waals surface area contributed by atoms with Crippen molar-refractivity contribution < 1.29 is 4.74 Å². The molecule has 0 amide bonds. The van der Waals surface area contributed by atoms with E-state index in [0.29, 0.717) is 5.02 Å². The highest BCUT2D eigenvalue weighted by Crippen LogP contribution is 2.25. The van der Waals surface area contributed by atoms with Crippen LogP contribution in [0.25, 0.3) is 0 Å². The molecule has 0 saturated carbocycles. The maximum Gasteiger partial charge on any atom is 0.138 e. The van der Waals surface area contributed by atoms with Crippen molar-refractivity contribution in [2.75, 3.05) is 0 Å². The topological polar surface area (TPSA) is 9.23 Å². The summed E-state index contributed by atoms with van der Waals surface area (Å²) in [5, 5.41) is 0.689. The first kappa shape index (κ1) is 10.4. The van der Waals surface area contributed by atoms with Crippen molar-refractivity contribution in [3.05, 3.63) is 29.3 Å². The maximum absolute atomic E-state index is 5.96. The molecule has 0 heterocycles. The molecule has 0 atom stereocenters. The summed E-state index contributed by atoms with van der Waals surface area (Å²) in [5.41, 5.74) is 0. The van der Waals surface area contributed by atoms with Crippen LogP contribution in [0.4, 0.5) is 0 Å². The molecule has 0 N–H and O–H groups in total. The van der Waals surface area contributed by atoms with E-state index in [0.717, 1.165) is 18.6 Å². The van der Waals surface area contributed by atoms with E-state index in [9.17, 15) is 0 Å². The Morgan fingerprint density at radius 3 is 2.38 bits per heavy atom. The molecule has 0 radical (unpaired) electrons. The Hall–Kier alpha value is -0.690. The lowest BCUT2D eigenvalue weighted by Gasteiger charge is -2.16. The third-order valence-electron chi connectivity index (χ3n) is 2.04. The van der Waals surface area contributed by atoms with E-state index >= 15 is 0 Å². The third-order valence-corrected chi connectivity index (χ3v) is 2.35. The molecule has 0 saturated heterocycles. The van der Waals surface area contributed by atoms with Crippen molar-refractivity contribution in [2.45, 2.75) is 32.8 Å². The SMILES string of the molecule is CCC(CC)Oc1ccccc1Cl. The monoisotopic (exact) mass is 198 g/mol. The Labute approximate surface area is 84.7 Å². The summed E-state index contributed by atoms with van der Waals surface area (Å²) in [4.78, 5) is 0. The van der Waals surface area contributed by atoms with Crippen LogP contribution in [-0.2, 0) is 0 Å². The fourth-order valence-electron chi connectivity index (χ4n) is 1.18. The molecule has 0 aromatic heterocycles. The molecule has 1 aromatic rings. The molecule has 0 spiro atoms. The summed E-state index contributed by atoms with van der Waals surface area (Å²) in [5.74, 6) is 0.790. The highest BCUT2D eigenvalue weighted by molar-refractivity contribution is 6.32. The summed E-state index contributed by atoms with van der Waals surface area (Å²) in [7, 11) is 0. The quantitative estimate of drug-likeness (QED) is 0.713. The van der Waals surface area contributed by atoms with Crippen LogP contribution >= 0.6 is 11.6 Å². The van der Waals surface area contributed by atoms with Crippen molar-refractivity contribution in [2.24, 2.45) is 0 Å². The van der Waals surface area contributed by atoms with E-state index in [4.69, 9.17) is 16.3 Å². The Morgan fingerprint density at radius 1 is 1.23 bits per heavy atom. The minimum absolute atomic E-state index is 0.278. The summed E-state index contributed by atoms with van der Waals surface area (Å²) < 4.78 is 5.71. The van der Waals surface area contributed by atoms with E-state index in [1.54, 1.807) is 0 Å². The average Bonchev–Trinajstić information content (AvgIpc) is 2.17. The first-order valence-corrected chi connectivity index (χ1v) is 5.06. The van der Waals surface area contributed by atoms with Crippen molar-refractivity contribution in [3.8, 4) is 5.75 Å². The average molecular weight is 199 g/mol. The Kier molecular flexibility index (Phi) is 4.10. The predicted octanol–water partition coefficient (Wildman–Crippen LogP) is 3.91. The van der Waals surface area contributed by atoms with Gasteiger partial charge in [-0.15, -0.1) is 0 Å². The number of benzene rings is 1. The third kappa shape index (κ3) is 2.92. The van der Waals surface area contributed by atoms with E-state index in [-0.39, 0.29) is 6.10 Å². The largest absolute Gasteiger partial charge is 0.489 e. The Balaban J connectivity index is 2.67. The molecule has 0 aliphatic rings. The van der Waals surface area contributed by atoms with Gasteiger partial charge in [0.15, 0.2) is 0 Å². The summed E-state index contributed by atoms with van der Waals surface area (Å²) in [6.07, 6.45) is 2.31. The minimum atomic E-state index is 0.278. The molecule has 13 heavy (non-hydrogen) atoms. The smallest absolute Gasteiger partial charge is 0.138 e. The highest BCUT2D eigenvalue weighted by Gasteiger charge is 2.06. The molecular formula is C11H15ClO. The molecule has 0 fully saturated rings. The number of rotatable bonds is 4. The van der Waals surface area contributed by atoms with E-state index in [1.807, 2.05) is 24.3 Å². The Morgan fingerprint density at radius 2 is 1.85 bits per heavy atom. The van der Waals surface area contributed by atoms with Crippen LogP contribution in [0.15, 0.2) is 24.3 Å². The number of ether oxygens (including phenoxy) is 1. The van der Waals surface area contributed by atoms with Gasteiger partial charge in [-0.25, -0.2) is 0 Å². The highest BCUT2D eigenvalue weighted by atomic mass is 35.5. The van der Waals surface area contributed by atoms with Gasteiger partial charge < -0.3 is 4.74 Å². The molecule has 0 unspecified atom stereocenters. The second-order valence-corrected chi connectivity index (χ2v) is 3.39. The first-order chi connectivity index (χ1) is 6.27. The molecule has 0 bridgehead atoms. The van der Waals surface area contributed by atoms with Gasteiger partial charge in [0.2, 0.25) is 0 Å². The van der Waals surface area contributed by atoms with Crippen LogP contribution in [0, 0.1) is 0 Å². The van der Waals surface area contributed by atoms with Crippen LogP contribution in [0.2, 0.25) is 5.02 Å². The lowest BCUT2D eigenvalue weighted by molar-refractivity contribution is 0.193. The number of hydrogen-bond acceptors (Lipinski definition) is 1. The summed E-state index contributed by atoms with van der Waals surface area (Å²) in [6.45, 7) is 4.23. The molecule has 0 aliphatic carbocycles. The van der Waals surface area contributed by atoms with Crippen LogP contribution in [0.1, 0.15) is 26.7 Å². The second-order valence-electron chi connectivity index (χ2n) is 2.99. The van der Waals surface area contributed by atoms with Crippen LogP contribution < -0.4 is 4.74 Å². The molecule has 72 valence electrons. The van der Waals surface area contributed by atoms with E-state index < -0.39 is 0 Å². The zero-order chi connectivity index (χ0) is 9.68. The van der Waals surface area contributed by atoms with Gasteiger partial charge in [0, 0.05) is 0 Å². The van der Waals surface area contributed by atoms with Crippen molar-refractivity contribution in [1.29, 1.82) is 0 Å². The predicted molar refractivity (Wildman–Crippen MR) is 56.5 cm³/mol. The van der Waals surface area contributed by atoms with Gasteiger partial charge in [0.1, 0.15) is 5.75 Å². The lowest BCUT2D eigenvalue weighted by atomic mass is 10.2. The van der Waals surface area contributed by atoms with Gasteiger partial charge in [0.05, 0.1) is 11.1 Å². The van der Waals surface area contributed by atoms with Gasteiger partial charge in [-0.05, 0) is 25.0 Å². The van der Waals surface area contributed by atoms with E-state index in [2.05, 4.69) is 13.8 Å². The summed E-state index contributed by atoms with van der Waals surface area (Å²) in [6, 6.07) is 7.59. The fraction of sp³-hybridized carbons (Fsp3) is 0.455. The van der Waals surface area contributed by atoms with Crippen molar-refractivity contribution >= 4 is 11.6 Å². The second kappa shape index (κ2) is 5.13. The van der Waals surface area contributed by atoms with Crippen LogP contribution in [0.3, 0.4) is 0 Å². The molecular weight excluding hydrogens is 184 g/mol. The lowest BCUT2D eigenvalue weighted by Crippen LogP contribution is -2.13. The van der Waals surface area contributed by atoms with Gasteiger partial charge >= 0.3 is 0 Å². The summed E-state index contributed by atoms with van der Waals surface area (Å²) >= 11 is 5.96. The first-order valence-electron chi connectivity index (χ1n) is 4.69. The van der Waals surface area contributed by atoms with Gasteiger partial charge in [-0.1, -0.05) is 37.6 Å². The molecule has 0 aliphatic heterocycles. The molecule has 1 nitrogen and oxygen atoms in total. The minimum Gasteiger partial charge on any atom is -0.489 e. The van der Waals surface area contributed by atoms with Gasteiger partial charge in [-0.3, -0.25) is 0 Å². The normalized spacial score (nSPS) is 10.5. The molecule has 1 aromatic carbocycles. The standard InChI is InChI=1S/C11H15ClO/c1-3-9(4-2)13-11-8-6-5-7-10(11)12/h5-9H,3-4H2,1-2H3. The van der Waals surface area contributed by atoms with Gasteiger partial charge in [0.25, 0.3) is 0 Å². The Bertz CT molecular complexity index is 256. The van der Waals surface area contributed by atoms with E-state index in [1.165, 1.54) is 0 Å². The molecule has 1 rings (SSSR count). The van der Waals surface area contributed by atoms with Gasteiger partial charge in [-0.2, -0.15) is 0 Å². The van der Waals surface area contributed by atoms with Crippen molar-refractivity contribution in [1.82, 2.24) is 0 Å².